The number of thioether (sulfide) groups is 1. The molecule has 2 aromatic heterocycles. The summed E-state index contributed by atoms with van der Waals surface area (Å²) in [5.41, 5.74) is 2.44. The largest absolute Gasteiger partial charge is 0.456 e. The molecule has 13 heteroatoms. The van der Waals surface area contributed by atoms with Gasteiger partial charge in [-0.05, 0) is 41.3 Å². The molecule has 4 heterocycles. The molecule has 0 N–H and O–H groups in total. The van der Waals surface area contributed by atoms with E-state index in [4.69, 9.17) is 9.47 Å². The summed E-state index contributed by atoms with van der Waals surface area (Å²) in [5, 5.41) is 12.8. The Bertz CT molecular complexity index is 1750. The van der Waals surface area contributed by atoms with Crippen molar-refractivity contribution in [3.05, 3.63) is 99.3 Å². The summed E-state index contributed by atoms with van der Waals surface area (Å²) in [4.78, 5) is 54.9. The van der Waals surface area contributed by atoms with Crippen LogP contribution in [0.5, 0.6) is 0 Å². The van der Waals surface area contributed by atoms with Crippen molar-refractivity contribution in [2.24, 2.45) is 0 Å². The summed E-state index contributed by atoms with van der Waals surface area (Å²) in [6.45, 7) is 1.13. The van der Waals surface area contributed by atoms with Crippen LogP contribution >= 0.6 is 27.7 Å². The second-order valence-electron chi connectivity index (χ2n) is 9.21. The minimum atomic E-state index is -1.38. The van der Waals surface area contributed by atoms with E-state index in [1.165, 1.54) is 53.3 Å². The highest BCUT2D eigenvalue weighted by Gasteiger charge is 2.69. The van der Waals surface area contributed by atoms with E-state index in [-0.39, 0.29) is 18.0 Å². The van der Waals surface area contributed by atoms with Crippen molar-refractivity contribution < 1.29 is 28.8 Å². The van der Waals surface area contributed by atoms with Crippen LogP contribution in [-0.2, 0) is 30.5 Å². The summed E-state index contributed by atoms with van der Waals surface area (Å²) < 4.78 is 11.5. The highest BCUT2D eigenvalue weighted by molar-refractivity contribution is 9.10. The van der Waals surface area contributed by atoms with Gasteiger partial charge in [-0.1, -0.05) is 34.1 Å². The first-order chi connectivity index (χ1) is 19.2. The maximum Gasteiger partial charge on any atom is 0.355 e. The van der Waals surface area contributed by atoms with Crippen molar-refractivity contribution in [2.45, 2.75) is 29.3 Å². The Labute approximate surface area is 239 Å². The number of halogens is 1. The SMILES string of the molecule is CC(=O)OC(c1cn2c(ccc3ccccc32)n1)C1(Br)C(=O)N2C(C(=O)OCc3ccc([N+](=O)[O-])cc3)=CS[C@@H]21. The van der Waals surface area contributed by atoms with Crippen LogP contribution in [-0.4, -0.2) is 46.8 Å². The number of ether oxygens (including phenoxy) is 2. The molecule has 2 aliphatic rings. The topological polar surface area (TPSA) is 133 Å². The van der Waals surface area contributed by atoms with E-state index in [0.29, 0.717) is 16.9 Å². The Morgan fingerprint density at radius 2 is 1.93 bits per heavy atom. The lowest BCUT2D eigenvalue weighted by Gasteiger charge is -2.51. The maximum atomic E-state index is 13.6. The number of carbonyl (C=O) groups is 3. The van der Waals surface area contributed by atoms with Crippen LogP contribution in [0.25, 0.3) is 16.6 Å². The van der Waals surface area contributed by atoms with Crippen LogP contribution in [0, 0.1) is 10.1 Å². The zero-order valence-corrected chi connectivity index (χ0v) is 23.1. The summed E-state index contributed by atoms with van der Waals surface area (Å²) >= 11 is 4.79. The number of benzene rings is 2. The molecule has 6 rings (SSSR count). The Morgan fingerprint density at radius 1 is 1.18 bits per heavy atom. The van der Waals surface area contributed by atoms with Gasteiger partial charge in [-0.2, -0.15) is 0 Å². The average molecular weight is 623 g/mol. The van der Waals surface area contributed by atoms with Gasteiger partial charge in [0.2, 0.25) is 0 Å². The molecule has 40 heavy (non-hydrogen) atoms. The molecule has 0 radical (unpaired) electrons. The van der Waals surface area contributed by atoms with Gasteiger partial charge in [0.25, 0.3) is 11.6 Å². The fourth-order valence-corrected chi connectivity index (χ4v) is 7.08. The highest BCUT2D eigenvalue weighted by Crippen LogP contribution is 2.58. The van der Waals surface area contributed by atoms with Crippen molar-refractivity contribution in [2.75, 3.05) is 0 Å². The number of pyridine rings is 1. The molecule has 3 atom stereocenters. The quantitative estimate of drug-likeness (QED) is 0.0950. The van der Waals surface area contributed by atoms with E-state index in [1.54, 1.807) is 6.20 Å². The number of esters is 2. The van der Waals surface area contributed by atoms with Gasteiger partial charge < -0.3 is 9.47 Å². The van der Waals surface area contributed by atoms with Crippen LogP contribution in [0.1, 0.15) is 24.3 Å². The van der Waals surface area contributed by atoms with Crippen LogP contribution in [0.3, 0.4) is 0 Å². The number of fused-ring (bicyclic) bond motifs is 4. The number of imidazole rings is 1. The number of β-lactam (4-membered cyclic amide) rings is 1. The summed E-state index contributed by atoms with van der Waals surface area (Å²) in [6, 6.07) is 17.2. The molecule has 1 saturated heterocycles. The number of nitrogens with zero attached hydrogens (tertiary/aromatic N) is 4. The fraction of sp³-hybridized carbons (Fsp3) is 0.185. The molecule has 2 aliphatic heterocycles. The van der Waals surface area contributed by atoms with Crippen molar-refractivity contribution in [3.63, 3.8) is 0 Å². The smallest absolute Gasteiger partial charge is 0.355 e. The zero-order valence-electron chi connectivity index (χ0n) is 20.7. The Kier molecular flexibility index (Phi) is 6.34. The van der Waals surface area contributed by atoms with Crippen molar-refractivity contribution in [1.29, 1.82) is 0 Å². The van der Waals surface area contributed by atoms with E-state index >= 15 is 0 Å². The molecular formula is C27H19BrN4O7S. The van der Waals surface area contributed by atoms with Crippen LogP contribution in [0.4, 0.5) is 5.69 Å². The van der Waals surface area contributed by atoms with Crippen molar-refractivity contribution in [1.82, 2.24) is 14.3 Å². The lowest BCUT2D eigenvalue weighted by Crippen LogP contribution is -2.70. The van der Waals surface area contributed by atoms with Crippen molar-refractivity contribution >= 4 is 67.8 Å². The van der Waals surface area contributed by atoms with Gasteiger partial charge in [-0.25, -0.2) is 9.78 Å². The van der Waals surface area contributed by atoms with Gasteiger partial charge in [-0.3, -0.25) is 29.0 Å². The first-order valence-electron chi connectivity index (χ1n) is 12.0. The minimum absolute atomic E-state index is 0.0551. The molecule has 2 aromatic carbocycles. The number of alkyl halides is 1. The predicted octanol–water partition coefficient (Wildman–Crippen LogP) is 4.63. The number of hydrogen-bond donors (Lipinski definition) is 0. The fourth-order valence-electron chi connectivity index (χ4n) is 4.81. The van der Waals surface area contributed by atoms with E-state index in [2.05, 4.69) is 20.9 Å². The molecule has 1 fully saturated rings. The normalized spacial score (nSPS) is 20.6. The van der Waals surface area contributed by atoms with Crippen LogP contribution in [0.2, 0.25) is 0 Å². The van der Waals surface area contributed by atoms with Gasteiger partial charge in [0, 0.05) is 30.7 Å². The summed E-state index contributed by atoms with van der Waals surface area (Å²) in [5.74, 6) is -1.79. The third-order valence-electron chi connectivity index (χ3n) is 6.73. The molecule has 202 valence electrons. The van der Waals surface area contributed by atoms with Gasteiger partial charge in [0.15, 0.2) is 10.4 Å². The van der Waals surface area contributed by atoms with Crippen LogP contribution in [0.15, 0.2) is 78.0 Å². The van der Waals surface area contributed by atoms with E-state index in [9.17, 15) is 24.5 Å². The molecule has 4 aromatic rings. The number of para-hydroxylation sites is 1. The zero-order chi connectivity index (χ0) is 28.2. The van der Waals surface area contributed by atoms with Gasteiger partial charge >= 0.3 is 11.9 Å². The standard InChI is InChI=1S/C27H19BrN4O7S/c1-15(33)39-23(19-12-30-20-5-3-2-4-17(20)8-11-22(30)29-19)27(28)25(35)31-21(14-40-26(27)31)24(34)38-13-16-6-9-18(10-7-16)32(36)37/h2-12,14,23,26H,13H2,1H3/t23?,26-,27?/m1/s1. The molecular weight excluding hydrogens is 604 g/mol. The molecule has 0 saturated carbocycles. The monoisotopic (exact) mass is 622 g/mol. The number of nitro groups is 1. The number of rotatable bonds is 7. The first kappa shape index (κ1) is 26.0. The third kappa shape index (κ3) is 4.12. The van der Waals surface area contributed by atoms with E-state index in [0.717, 1.165) is 10.9 Å². The Hall–Kier alpha value is -4.23. The summed E-state index contributed by atoms with van der Waals surface area (Å²) in [6.07, 6.45) is 0.671. The molecule has 11 nitrogen and oxygen atoms in total. The Morgan fingerprint density at radius 3 is 2.65 bits per heavy atom. The second kappa shape index (κ2) is 9.75. The lowest BCUT2D eigenvalue weighted by atomic mass is 9.89. The minimum Gasteiger partial charge on any atom is -0.456 e. The van der Waals surface area contributed by atoms with Gasteiger partial charge in [-0.15, -0.1) is 11.8 Å². The first-order valence-corrected chi connectivity index (χ1v) is 13.7. The average Bonchev–Trinajstić information content (AvgIpc) is 3.58. The molecule has 2 unspecified atom stereocenters. The van der Waals surface area contributed by atoms with Gasteiger partial charge in [0.05, 0.1) is 10.4 Å². The molecule has 0 aliphatic carbocycles. The Balaban J connectivity index is 1.23. The molecule has 1 amide bonds. The van der Waals surface area contributed by atoms with E-state index in [1.807, 2.05) is 40.8 Å². The maximum absolute atomic E-state index is 13.6. The molecule has 0 spiro atoms. The summed E-state index contributed by atoms with van der Waals surface area (Å²) in [7, 11) is 0. The van der Waals surface area contributed by atoms with Crippen molar-refractivity contribution in [3.8, 4) is 0 Å². The predicted molar refractivity (Wildman–Crippen MR) is 148 cm³/mol. The number of amides is 1. The van der Waals surface area contributed by atoms with Crippen LogP contribution < -0.4 is 0 Å². The lowest BCUT2D eigenvalue weighted by molar-refractivity contribution is -0.384. The second-order valence-corrected chi connectivity index (χ2v) is 11.5. The molecule has 0 bridgehead atoms. The van der Waals surface area contributed by atoms with E-state index < -0.39 is 38.6 Å². The number of aromatic nitrogens is 2. The number of non-ortho nitro benzene ring substituents is 1. The number of carbonyl (C=O) groups excluding carboxylic acids is 3. The highest BCUT2D eigenvalue weighted by atomic mass is 79.9. The number of hydrogen-bond acceptors (Lipinski definition) is 9. The third-order valence-corrected chi connectivity index (χ3v) is 9.42. The van der Waals surface area contributed by atoms with Gasteiger partial charge in [0.1, 0.15) is 29.0 Å². The number of nitro benzene ring substituents is 1.